The summed E-state index contributed by atoms with van der Waals surface area (Å²) in [5, 5.41) is 0. The van der Waals surface area contributed by atoms with Crippen LogP contribution in [0.15, 0.2) is 46.9 Å². The van der Waals surface area contributed by atoms with Crippen molar-refractivity contribution in [2.45, 2.75) is 26.2 Å². The number of hydrogen-bond acceptors (Lipinski definition) is 0. The zero-order valence-electron chi connectivity index (χ0n) is 10.8. The highest BCUT2D eigenvalue weighted by atomic mass is 127. The lowest BCUT2D eigenvalue weighted by Gasteiger charge is -2.19. The first-order valence-corrected chi connectivity index (χ1v) is 7.80. The van der Waals surface area contributed by atoms with Crippen molar-refractivity contribution < 1.29 is 0 Å². The maximum absolute atomic E-state index is 3.55. The quantitative estimate of drug-likeness (QED) is 0.500. The van der Waals surface area contributed by atoms with Gasteiger partial charge in [-0.25, -0.2) is 0 Å². The molecule has 0 aliphatic heterocycles. The van der Waals surface area contributed by atoms with Crippen LogP contribution in [-0.2, 0) is 5.41 Å². The lowest BCUT2D eigenvalue weighted by atomic mass is 9.86. The Labute approximate surface area is 131 Å². The number of halogens is 2. The Morgan fingerprint density at radius 3 is 2.00 bits per heavy atom. The number of benzene rings is 2. The highest BCUT2D eigenvalue weighted by Gasteiger charge is 2.13. The summed E-state index contributed by atoms with van der Waals surface area (Å²) in [5.41, 5.74) is 4.11. The van der Waals surface area contributed by atoms with Crippen molar-refractivity contribution in [3.63, 3.8) is 0 Å². The van der Waals surface area contributed by atoms with E-state index >= 15 is 0 Å². The fourth-order valence-corrected chi connectivity index (χ4v) is 3.48. The Hall–Kier alpha value is -0.350. The molecule has 0 nitrogen and oxygen atoms in total. The van der Waals surface area contributed by atoms with Gasteiger partial charge in [-0.2, -0.15) is 0 Å². The van der Waals surface area contributed by atoms with Crippen LogP contribution in [0.1, 0.15) is 26.3 Å². The molecule has 94 valence electrons. The highest BCUT2D eigenvalue weighted by Crippen LogP contribution is 2.28. The van der Waals surface area contributed by atoms with Gasteiger partial charge in [0.05, 0.1) is 0 Å². The van der Waals surface area contributed by atoms with Crippen LogP contribution in [0.4, 0.5) is 0 Å². The molecule has 0 radical (unpaired) electrons. The molecule has 0 saturated heterocycles. The molecule has 0 saturated carbocycles. The van der Waals surface area contributed by atoms with E-state index in [4.69, 9.17) is 0 Å². The van der Waals surface area contributed by atoms with Crippen LogP contribution in [0.2, 0.25) is 0 Å². The maximum Gasteiger partial charge on any atom is 0.0191 e. The Bertz CT molecular complexity index is 530. The first-order valence-electron chi connectivity index (χ1n) is 5.93. The minimum atomic E-state index is 0.213. The number of hydrogen-bond donors (Lipinski definition) is 0. The van der Waals surface area contributed by atoms with E-state index in [1.165, 1.54) is 20.3 Å². The Morgan fingerprint density at radius 2 is 1.50 bits per heavy atom. The molecule has 0 atom stereocenters. The van der Waals surface area contributed by atoms with E-state index in [0.717, 1.165) is 4.47 Å². The maximum atomic E-state index is 3.55. The molecule has 0 unspecified atom stereocenters. The van der Waals surface area contributed by atoms with Gasteiger partial charge < -0.3 is 0 Å². The summed E-state index contributed by atoms with van der Waals surface area (Å²) in [7, 11) is 0. The first-order chi connectivity index (χ1) is 8.36. The average Bonchev–Trinajstić information content (AvgIpc) is 2.27. The van der Waals surface area contributed by atoms with Crippen molar-refractivity contribution in [2.24, 2.45) is 0 Å². The molecule has 2 aromatic rings. The van der Waals surface area contributed by atoms with Crippen molar-refractivity contribution >= 4 is 38.5 Å². The molecule has 0 amide bonds. The third kappa shape index (κ3) is 3.35. The van der Waals surface area contributed by atoms with E-state index in [1.54, 1.807) is 0 Å². The predicted octanol–water partition coefficient (Wildman–Crippen LogP) is 6.02. The van der Waals surface area contributed by atoms with E-state index in [9.17, 15) is 0 Å². The van der Waals surface area contributed by atoms with E-state index in [1.807, 2.05) is 0 Å². The van der Waals surface area contributed by atoms with Crippen molar-refractivity contribution in [1.29, 1.82) is 0 Å². The largest absolute Gasteiger partial charge is 0.0579 e. The smallest absolute Gasteiger partial charge is 0.0191 e. The summed E-state index contributed by atoms with van der Waals surface area (Å²) < 4.78 is 2.38. The van der Waals surface area contributed by atoms with Gasteiger partial charge in [0, 0.05) is 8.04 Å². The Kier molecular flexibility index (Phi) is 4.17. The predicted molar refractivity (Wildman–Crippen MR) is 91.0 cm³/mol. The minimum absolute atomic E-state index is 0.213. The van der Waals surface area contributed by atoms with Gasteiger partial charge in [0.1, 0.15) is 0 Å². The second kappa shape index (κ2) is 5.33. The minimum Gasteiger partial charge on any atom is -0.0579 e. The molecule has 2 rings (SSSR count). The molecule has 0 aromatic heterocycles. The SMILES string of the molecule is CC(C)(C)c1ccc(-c2cc(Br)cc(I)c2)cc1. The van der Waals surface area contributed by atoms with Crippen molar-refractivity contribution in [1.82, 2.24) is 0 Å². The molecule has 0 N–H and O–H groups in total. The van der Waals surface area contributed by atoms with Crippen LogP contribution in [0.3, 0.4) is 0 Å². The third-order valence-corrected chi connectivity index (χ3v) is 4.03. The molecule has 18 heavy (non-hydrogen) atoms. The zero-order valence-corrected chi connectivity index (χ0v) is 14.5. The molecule has 0 heterocycles. The molecular formula is C16H16BrI. The molecule has 0 spiro atoms. The van der Waals surface area contributed by atoms with E-state index in [2.05, 4.69) is 102 Å². The van der Waals surface area contributed by atoms with Crippen LogP contribution < -0.4 is 0 Å². The van der Waals surface area contributed by atoms with Gasteiger partial charge in [0.25, 0.3) is 0 Å². The fourth-order valence-electron chi connectivity index (χ4n) is 1.88. The van der Waals surface area contributed by atoms with Crippen molar-refractivity contribution in [3.8, 4) is 11.1 Å². The average molecular weight is 415 g/mol. The van der Waals surface area contributed by atoms with E-state index in [-0.39, 0.29) is 5.41 Å². The van der Waals surface area contributed by atoms with E-state index < -0.39 is 0 Å². The second-order valence-corrected chi connectivity index (χ2v) is 7.65. The molecule has 0 aliphatic rings. The first kappa shape index (κ1) is 14.1. The topological polar surface area (TPSA) is 0 Å². The zero-order chi connectivity index (χ0) is 13.3. The van der Waals surface area contributed by atoms with Crippen LogP contribution >= 0.6 is 38.5 Å². The van der Waals surface area contributed by atoms with Gasteiger partial charge in [-0.3, -0.25) is 0 Å². The molecule has 0 fully saturated rings. The van der Waals surface area contributed by atoms with Crippen molar-refractivity contribution in [2.75, 3.05) is 0 Å². The normalized spacial score (nSPS) is 11.6. The third-order valence-electron chi connectivity index (χ3n) is 2.95. The van der Waals surface area contributed by atoms with Gasteiger partial charge in [0.15, 0.2) is 0 Å². The Balaban J connectivity index is 2.40. The van der Waals surface area contributed by atoms with Crippen LogP contribution in [-0.4, -0.2) is 0 Å². The summed E-state index contributed by atoms with van der Waals surface area (Å²) >= 11 is 5.90. The van der Waals surface area contributed by atoms with Gasteiger partial charge in [-0.15, -0.1) is 0 Å². The lowest BCUT2D eigenvalue weighted by molar-refractivity contribution is 0.590. The highest BCUT2D eigenvalue weighted by molar-refractivity contribution is 14.1. The molecular weight excluding hydrogens is 399 g/mol. The molecule has 0 aliphatic carbocycles. The van der Waals surface area contributed by atoms with Gasteiger partial charge in [-0.05, 0) is 62.9 Å². The lowest BCUT2D eigenvalue weighted by Crippen LogP contribution is -2.10. The van der Waals surface area contributed by atoms with Crippen LogP contribution in [0.25, 0.3) is 11.1 Å². The van der Waals surface area contributed by atoms with Gasteiger partial charge in [0.2, 0.25) is 0 Å². The summed E-state index contributed by atoms with van der Waals surface area (Å²) in [6.45, 7) is 6.72. The molecule has 2 aromatic carbocycles. The second-order valence-electron chi connectivity index (χ2n) is 5.49. The Morgan fingerprint density at radius 1 is 0.889 bits per heavy atom. The molecule has 2 heteroatoms. The van der Waals surface area contributed by atoms with Gasteiger partial charge >= 0.3 is 0 Å². The number of rotatable bonds is 1. The van der Waals surface area contributed by atoms with Crippen molar-refractivity contribution in [3.05, 3.63) is 56.1 Å². The summed E-state index contributed by atoms with van der Waals surface area (Å²) in [6.07, 6.45) is 0. The summed E-state index contributed by atoms with van der Waals surface area (Å²) in [4.78, 5) is 0. The fraction of sp³-hybridized carbons (Fsp3) is 0.250. The summed E-state index contributed by atoms with van der Waals surface area (Å²) in [6, 6.07) is 15.3. The van der Waals surface area contributed by atoms with Crippen LogP contribution in [0, 0.1) is 3.57 Å². The van der Waals surface area contributed by atoms with E-state index in [0.29, 0.717) is 0 Å². The monoisotopic (exact) mass is 414 g/mol. The van der Waals surface area contributed by atoms with Gasteiger partial charge in [-0.1, -0.05) is 61.0 Å². The van der Waals surface area contributed by atoms with Crippen LogP contribution in [0.5, 0.6) is 0 Å². The standard InChI is InChI=1S/C16H16BrI/c1-16(2,3)13-6-4-11(5-7-13)12-8-14(17)10-15(18)9-12/h4-10H,1-3H3. The summed E-state index contributed by atoms with van der Waals surface area (Å²) in [5.74, 6) is 0. The molecule has 0 bridgehead atoms.